The first kappa shape index (κ1) is 12.4. The summed E-state index contributed by atoms with van der Waals surface area (Å²) < 4.78 is 31.6. The Morgan fingerprint density at radius 2 is 1.94 bits per heavy atom. The van der Waals surface area contributed by atoms with Crippen LogP contribution in [0.1, 0.15) is 11.1 Å². The van der Waals surface area contributed by atoms with Crippen molar-refractivity contribution in [2.75, 3.05) is 0 Å². The Bertz CT molecular complexity index is 546. The lowest BCUT2D eigenvalue weighted by atomic mass is 10.2. The van der Waals surface area contributed by atoms with Gasteiger partial charge in [0.25, 0.3) is 0 Å². The highest BCUT2D eigenvalue weighted by molar-refractivity contribution is 5.26. The van der Waals surface area contributed by atoms with Crippen molar-refractivity contribution in [3.63, 3.8) is 0 Å². The molecule has 1 heterocycles. The van der Waals surface area contributed by atoms with E-state index in [1.54, 1.807) is 18.2 Å². The van der Waals surface area contributed by atoms with Gasteiger partial charge in [-0.25, -0.2) is 13.8 Å². The van der Waals surface area contributed by atoms with E-state index in [4.69, 9.17) is 10.5 Å². The van der Waals surface area contributed by atoms with Gasteiger partial charge < -0.3 is 10.5 Å². The van der Waals surface area contributed by atoms with Gasteiger partial charge in [0.05, 0.1) is 6.20 Å². The topological polar surface area (TPSA) is 48.1 Å². The molecule has 0 radical (unpaired) electrons. The predicted molar refractivity (Wildman–Crippen MR) is 62.8 cm³/mol. The van der Waals surface area contributed by atoms with E-state index in [1.807, 2.05) is 0 Å². The molecule has 1 aromatic carbocycles. The summed E-state index contributed by atoms with van der Waals surface area (Å²) in [5.41, 5.74) is 6.32. The van der Waals surface area contributed by atoms with Crippen molar-refractivity contribution < 1.29 is 13.5 Å². The van der Waals surface area contributed by atoms with E-state index in [2.05, 4.69) is 4.98 Å². The largest absolute Gasteiger partial charge is 0.472 e. The molecule has 0 aliphatic heterocycles. The maximum atomic E-state index is 13.4. The molecule has 0 bridgehead atoms. The highest BCUT2D eigenvalue weighted by Crippen LogP contribution is 2.17. The van der Waals surface area contributed by atoms with Gasteiger partial charge in [-0.05, 0) is 12.1 Å². The number of hydrogen-bond donors (Lipinski definition) is 1. The van der Waals surface area contributed by atoms with Gasteiger partial charge >= 0.3 is 0 Å². The summed E-state index contributed by atoms with van der Waals surface area (Å²) in [6.45, 7) is 0.135. The average Bonchev–Trinajstić information content (AvgIpc) is 2.39. The van der Waals surface area contributed by atoms with Gasteiger partial charge in [-0.2, -0.15) is 0 Å². The molecular weight excluding hydrogens is 238 g/mol. The second-order valence-corrected chi connectivity index (χ2v) is 3.70. The minimum absolute atomic E-state index is 0.0261. The molecule has 1 aromatic heterocycles. The zero-order valence-corrected chi connectivity index (χ0v) is 9.57. The van der Waals surface area contributed by atoms with E-state index in [1.165, 1.54) is 12.1 Å². The third-order valence-corrected chi connectivity index (χ3v) is 2.43. The molecule has 0 amide bonds. The second kappa shape index (κ2) is 5.55. The van der Waals surface area contributed by atoms with Gasteiger partial charge in [0, 0.05) is 17.7 Å². The Labute approximate surface area is 103 Å². The number of halogens is 2. The van der Waals surface area contributed by atoms with Crippen molar-refractivity contribution >= 4 is 0 Å². The first-order chi connectivity index (χ1) is 8.70. The molecule has 0 aliphatic rings. The molecule has 0 saturated heterocycles. The van der Waals surface area contributed by atoms with Crippen LogP contribution in [0.5, 0.6) is 5.88 Å². The Morgan fingerprint density at radius 1 is 1.17 bits per heavy atom. The summed E-state index contributed by atoms with van der Waals surface area (Å²) >= 11 is 0. The fourth-order valence-corrected chi connectivity index (χ4v) is 1.51. The van der Waals surface area contributed by atoms with Crippen molar-refractivity contribution in [3.05, 3.63) is 59.3 Å². The zero-order chi connectivity index (χ0) is 13.0. The smallest absolute Gasteiger partial charge is 0.218 e. The van der Waals surface area contributed by atoms with Crippen LogP contribution < -0.4 is 10.5 Å². The third-order valence-electron chi connectivity index (χ3n) is 2.43. The number of rotatable bonds is 4. The highest BCUT2D eigenvalue weighted by atomic mass is 19.1. The first-order valence-electron chi connectivity index (χ1n) is 5.41. The van der Waals surface area contributed by atoms with Crippen LogP contribution in [0.3, 0.4) is 0 Å². The van der Waals surface area contributed by atoms with E-state index in [0.717, 1.165) is 6.20 Å². The monoisotopic (exact) mass is 250 g/mol. The maximum absolute atomic E-state index is 13.4. The molecule has 0 atom stereocenters. The molecule has 2 N–H and O–H groups in total. The number of aromatic nitrogens is 1. The lowest BCUT2D eigenvalue weighted by Crippen LogP contribution is -2.06. The predicted octanol–water partition coefficient (Wildman–Crippen LogP) is 2.40. The Kier molecular flexibility index (Phi) is 3.84. The van der Waals surface area contributed by atoms with Crippen molar-refractivity contribution in [1.29, 1.82) is 0 Å². The van der Waals surface area contributed by atoms with E-state index in [0.29, 0.717) is 11.1 Å². The number of hydrogen-bond acceptors (Lipinski definition) is 3. The average molecular weight is 250 g/mol. The van der Waals surface area contributed by atoms with Crippen LogP contribution in [0.15, 0.2) is 36.5 Å². The van der Waals surface area contributed by atoms with Crippen molar-refractivity contribution in [2.45, 2.75) is 13.2 Å². The van der Waals surface area contributed by atoms with Gasteiger partial charge in [-0.3, -0.25) is 0 Å². The van der Waals surface area contributed by atoms with Crippen LogP contribution in [-0.4, -0.2) is 4.98 Å². The van der Waals surface area contributed by atoms with Crippen molar-refractivity contribution in [2.24, 2.45) is 5.73 Å². The number of nitrogens with zero attached hydrogens (tertiary/aromatic N) is 1. The summed E-state index contributed by atoms with van der Waals surface area (Å²) in [6, 6.07) is 7.52. The molecule has 0 saturated carbocycles. The molecule has 2 rings (SSSR count). The summed E-state index contributed by atoms with van der Waals surface area (Å²) in [5.74, 6) is -0.607. The standard InChI is InChI=1S/C13H12F2N2O/c14-11-5-10(6-16)13(17-7-11)18-8-9-3-1-2-4-12(9)15/h1-5,7H,6,8,16H2. The summed E-state index contributed by atoms with van der Waals surface area (Å²) in [7, 11) is 0. The summed E-state index contributed by atoms with van der Waals surface area (Å²) in [4.78, 5) is 3.79. The highest BCUT2D eigenvalue weighted by Gasteiger charge is 2.07. The molecule has 0 unspecified atom stereocenters. The fraction of sp³-hybridized carbons (Fsp3) is 0.154. The van der Waals surface area contributed by atoms with E-state index < -0.39 is 5.82 Å². The number of ether oxygens (including phenoxy) is 1. The van der Waals surface area contributed by atoms with Gasteiger partial charge in [0.15, 0.2) is 0 Å². The van der Waals surface area contributed by atoms with Crippen molar-refractivity contribution in [1.82, 2.24) is 4.98 Å². The minimum Gasteiger partial charge on any atom is -0.472 e. The molecule has 0 spiro atoms. The van der Waals surface area contributed by atoms with Crippen LogP contribution >= 0.6 is 0 Å². The third kappa shape index (κ3) is 2.81. The number of nitrogens with two attached hydrogens (primary N) is 1. The molecule has 2 aromatic rings. The fourth-order valence-electron chi connectivity index (χ4n) is 1.51. The molecule has 94 valence electrons. The normalized spacial score (nSPS) is 10.4. The molecule has 3 nitrogen and oxygen atoms in total. The van der Waals surface area contributed by atoms with Crippen LogP contribution in [-0.2, 0) is 13.2 Å². The summed E-state index contributed by atoms with van der Waals surface area (Å²) in [5, 5.41) is 0. The number of benzene rings is 1. The van der Waals surface area contributed by atoms with Crippen LogP contribution in [0.25, 0.3) is 0 Å². The van der Waals surface area contributed by atoms with Crippen LogP contribution in [0.4, 0.5) is 8.78 Å². The molecular formula is C13H12F2N2O. The quantitative estimate of drug-likeness (QED) is 0.906. The van der Waals surface area contributed by atoms with E-state index >= 15 is 0 Å². The molecule has 0 fully saturated rings. The lowest BCUT2D eigenvalue weighted by Gasteiger charge is -2.09. The molecule has 0 aliphatic carbocycles. The summed E-state index contributed by atoms with van der Waals surface area (Å²) in [6.07, 6.45) is 1.04. The Balaban J connectivity index is 2.13. The Hall–Kier alpha value is -2.01. The lowest BCUT2D eigenvalue weighted by molar-refractivity contribution is 0.284. The van der Waals surface area contributed by atoms with Gasteiger partial charge in [-0.15, -0.1) is 0 Å². The zero-order valence-electron chi connectivity index (χ0n) is 9.57. The minimum atomic E-state index is -0.478. The van der Waals surface area contributed by atoms with E-state index in [9.17, 15) is 8.78 Å². The Morgan fingerprint density at radius 3 is 2.67 bits per heavy atom. The van der Waals surface area contributed by atoms with Gasteiger partial charge in [0.1, 0.15) is 18.2 Å². The molecule has 5 heteroatoms. The SMILES string of the molecule is NCc1cc(F)cnc1OCc1ccccc1F. The maximum Gasteiger partial charge on any atom is 0.218 e. The van der Waals surface area contributed by atoms with Gasteiger partial charge in [0.2, 0.25) is 5.88 Å². The van der Waals surface area contributed by atoms with Crippen molar-refractivity contribution in [3.8, 4) is 5.88 Å². The van der Waals surface area contributed by atoms with Crippen LogP contribution in [0, 0.1) is 11.6 Å². The first-order valence-corrected chi connectivity index (χ1v) is 5.41. The number of pyridine rings is 1. The molecule has 18 heavy (non-hydrogen) atoms. The van der Waals surface area contributed by atoms with Crippen LogP contribution in [0.2, 0.25) is 0 Å². The van der Waals surface area contributed by atoms with Gasteiger partial charge in [-0.1, -0.05) is 18.2 Å². The second-order valence-electron chi connectivity index (χ2n) is 3.70. The van der Waals surface area contributed by atoms with E-state index in [-0.39, 0.29) is 24.8 Å².